The Bertz CT molecular complexity index is 1120. The Labute approximate surface area is 196 Å². The molecule has 2 aromatic rings. The van der Waals surface area contributed by atoms with Crippen LogP contribution in [0.4, 0.5) is 0 Å². The molecule has 33 heavy (non-hydrogen) atoms. The second-order valence-electron chi connectivity index (χ2n) is 8.63. The number of halogens is 1. The van der Waals surface area contributed by atoms with Gasteiger partial charge in [0.2, 0.25) is 11.8 Å². The van der Waals surface area contributed by atoms with Gasteiger partial charge in [-0.3, -0.25) is 14.4 Å². The van der Waals surface area contributed by atoms with Crippen LogP contribution in [-0.4, -0.2) is 48.4 Å². The second-order valence-corrected chi connectivity index (χ2v) is 9.04. The predicted octanol–water partition coefficient (Wildman–Crippen LogP) is 2.26. The summed E-state index contributed by atoms with van der Waals surface area (Å²) in [6.45, 7) is 0.580. The molecule has 0 radical (unpaired) electrons. The molecule has 4 rings (SSSR count). The Morgan fingerprint density at radius 3 is 2.70 bits per heavy atom. The number of carbonyl (C=O) groups is 3. The topological polar surface area (TPSA) is 136 Å². The van der Waals surface area contributed by atoms with Crippen molar-refractivity contribution in [3.8, 4) is 11.8 Å². The summed E-state index contributed by atoms with van der Waals surface area (Å²) in [7, 11) is 1.50. The predicted molar refractivity (Wildman–Crippen MR) is 122 cm³/mol. The van der Waals surface area contributed by atoms with Crippen molar-refractivity contribution >= 4 is 40.2 Å². The zero-order valence-electron chi connectivity index (χ0n) is 18.2. The van der Waals surface area contributed by atoms with Crippen LogP contribution in [0.3, 0.4) is 0 Å². The van der Waals surface area contributed by atoms with Crippen LogP contribution >= 0.6 is 11.6 Å². The first kappa shape index (κ1) is 22.9. The van der Waals surface area contributed by atoms with Crippen molar-refractivity contribution in [3.05, 3.63) is 28.9 Å². The van der Waals surface area contributed by atoms with Crippen LogP contribution in [0.25, 0.3) is 10.9 Å². The van der Waals surface area contributed by atoms with Crippen LogP contribution in [0, 0.1) is 23.2 Å². The van der Waals surface area contributed by atoms with Crippen molar-refractivity contribution in [2.24, 2.45) is 11.8 Å². The fourth-order valence-corrected chi connectivity index (χ4v) is 4.45. The number of benzene rings is 1. The number of amides is 3. The summed E-state index contributed by atoms with van der Waals surface area (Å²) in [5, 5.41) is 18.9. The molecule has 1 aliphatic heterocycles. The van der Waals surface area contributed by atoms with E-state index < -0.39 is 23.9 Å². The molecule has 1 saturated heterocycles. The van der Waals surface area contributed by atoms with Gasteiger partial charge in [-0.2, -0.15) is 5.26 Å². The highest BCUT2D eigenvalue weighted by Crippen LogP contribution is 2.35. The number of nitrogens with zero attached hydrogens (tertiary/aromatic N) is 1. The molecule has 3 unspecified atom stereocenters. The molecule has 2 fully saturated rings. The first-order chi connectivity index (χ1) is 15.9. The van der Waals surface area contributed by atoms with E-state index in [0.717, 1.165) is 12.8 Å². The Hall–Kier alpha value is -3.25. The zero-order chi connectivity index (χ0) is 23.5. The van der Waals surface area contributed by atoms with Gasteiger partial charge < -0.3 is 25.7 Å². The van der Waals surface area contributed by atoms with E-state index in [0.29, 0.717) is 47.0 Å². The van der Waals surface area contributed by atoms with Gasteiger partial charge in [-0.25, -0.2) is 0 Å². The third-order valence-corrected chi connectivity index (χ3v) is 6.50. The largest absolute Gasteiger partial charge is 0.494 e. The number of hydrogen-bond donors (Lipinski definition) is 4. The fourth-order valence-electron chi connectivity index (χ4n) is 4.21. The lowest BCUT2D eigenvalue weighted by atomic mass is 9.98. The van der Waals surface area contributed by atoms with Crippen LogP contribution in [0.15, 0.2) is 18.2 Å². The summed E-state index contributed by atoms with van der Waals surface area (Å²) in [4.78, 5) is 40.8. The second kappa shape index (κ2) is 9.71. The van der Waals surface area contributed by atoms with Gasteiger partial charge >= 0.3 is 0 Å². The zero-order valence-corrected chi connectivity index (χ0v) is 19.0. The highest BCUT2D eigenvalue weighted by atomic mass is 35.5. The van der Waals surface area contributed by atoms with Crippen molar-refractivity contribution in [3.63, 3.8) is 0 Å². The van der Waals surface area contributed by atoms with Crippen LogP contribution in [0.1, 0.15) is 42.6 Å². The molecule has 4 N–H and O–H groups in total. The Balaban J connectivity index is 1.46. The number of nitrogens with one attached hydrogen (secondary N) is 4. The van der Waals surface area contributed by atoms with Gasteiger partial charge in [0.25, 0.3) is 5.91 Å². The number of fused-ring (bicyclic) bond motifs is 1. The fraction of sp³-hybridized carbons (Fsp3) is 0.478. The number of hydrogen-bond acceptors (Lipinski definition) is 5. The molecule has 10 heteroatoms. The van der Waals surface area contributed by atoms with Gasteiger partial charge in [0, 0.05) is 23.4 Å². The van der Waals surface area contributed by atoms with E-state index in [4.69, 9.17) is 16.3 Å². The molecule has 1 aromatic carbocycles. The van der Waals surface area contributed by atoms with Gasteiger partial charge in [-0.15, -0.1) is 0 Å². The van der Waals surface area contributed by atoms with Gasteiger partial charge in [0.05, 0.1) is 18.2 Å². The van der Waals surface area contributed by atoms with Crippen LogP contribution in [-0.2, 0) is 9.59 Å². The molecule has 3 amide bonds. The van der Waals surface area contributed by atoms with Crippen LogP contribution in [0.2, 0.25) is 5.02 Å². The van der Waals surface area contributed by atoms with E-state index in [2.05, 4.69) is 27.0 Å². The maximum absolute atomic E-state index is 13.0. The molecule has 2 aliphatic rings. The molecular formula is C23H26ClN5O4. The number of H-pyrrole nitrogens is 1. The van der Waals surface area contributed by atoms with E-state index >= 15 is 0 Å². The van der Waals surface area contributed by atoms with Crippen molar-refractivity contribution in [1.29, 1.82) is 5.26 Å². The average molecular weight is 472 g/mol. The molecule has 3 atom stereocenters. The number of rotatable bonds is 9. The van der Waals surface area contributed by atoms with Gasteiger partial charge in [0.15, 0.2) is 0 Å². The molecule has 2 heterocycles. The molecule has 0 bridgehead atoms. The first-order valence-electron chi connectivity index (χ1n) is 11.0. The number of aromatic amines is 1. The molecule has 9 nitrogen and oxygen atoms in total. The van der Waals surface area contributed by atoms with Gasteiger partial charge in [-0.05, 0) is 43.4 Å². The van der Waals surface area contributed by atoms with Crippen molar-refractivity contribution in [1.82, 2.24) is 20.9 Å². The first-order valence-corrected chi connectivity index (χ1v) is 11.4. The van der Waals surface area contributed by atoms with Gasteiger partial charge in [0.1, 0.15) is 23.5 Å². The number of methoxy groups -OCH3 is 1. The lowest BCUT2D eigenvalue weighted by Gasteiger charge is -2.21. The average Bonchev–Trinajstić information content (AvgIpc) is 3.36. The standard InChI is InChI=1S/C23H26ClN5O4/c1-33-20-15-10-19(28-17(15)5-4-16(20)24)23(32)29-18(8-12-2-3-12)22(31)27-14(11-25)9-13-6-7-26-21(13)30/h4-5,10,12-14,18,28H,2-3,6-9H2,1H3,(H,26,30)(H,27,31)(H,29,32). The highest BCUT2D eigenvalue weighted by molar-refractivity contribution is 6.33. The third-order valence-electron chi connectivity index (χ3n) is 6.20. The lowest BCUT2D eigenvalue weighted by molar-refractivity contribution is -0.125. The summed E-state index contributed by atoms with van der Waals surface area (Å²) < 4.78 is 5.34. The minimum Gasteiger partial charge on any atom is -0.494 e. The van der Waals surface area contributed by atoms with Gasteiger partial charge in [-0.1, -0.05) is 24.4 Å². The van der Waals surface area contributed by atoms with E-state index in [1.807, 2.05) is 0 Å². The van der Waals surface area contributed by atoms with E-state index in [9.17, 15) is 19.6 Å². The molecule has 1 saturated carbocycles. The van der Waals surface area contributed by atoms with Crippen molar-refractivity contribution < 1.29 is 19.1 Å². The third kappa shape index (κ3) is 5.22. The maximum Gasteiger partial charge on any atom is 0.268 e. The summed E-state index contributed by atoms with van der Waals surface area (Å²) >= 11 is 6.17. The van der Waals surface area contributed by atoms with Crippen molar-refractivity contribution in [2.45, 2.75) is 44.2 Å². The summed E-state index contributed by atoms with van der Waals surface area (Å²) in [5.74, 6) is -0.416. The minimum absolute atomic E-state index is 0.0957. The van der Waals surface area contributed by atoms with E-state index in [1.165, 1.54) is 7.11 Å². The van der Waals surface area contributed by atoms with Crippen molar-refractivity contribution in [2.75, 3.05) is 13.7 Å². The molecule has 1 aliphatic carbocycles. The minimum atomic E-state index is -0.801. The van der Waals surface area contributed by atoms with Crippen LogP contribution < -0.4 is 20.7 Å². The smallest absolute Gasteiger partial charge is 0.268 e. The van der Waals surface area contributed by atoms with E-state index in [-0.39, 0.29) is 23.9 Å². The number of ether oxygens (including phenoxy) is 1. The molecule has 1 aromatic heterocycles. The number of carbonyl (C=O) groups excluding carboxylic acids is 3. The Morgan fingerprint density at radius 1 is 1.27 bits per heavy atom. The molecule has 174 valence electrons. The number of nitriles is 1. The maximum atomic E-state index is 13.0. The van der Waals surface area contributed by atoms with E-state index in [1.54, 1.807) is 18.2 Å². The SMILES string of the molecule is COc1c(Cl)ccc2[nH]c(C(=O)NC(CC3CC3)C(=O)NC(C#N)CC3CCNC3=O)cc12. The summed E-state index contributed by atoms with van der Waals surface area (Å²) in [5.41, 5.74) is 0.961. The highest BCUT2D eigenvalue weighted by Gasteiger charge is 2.33. The molecular weight excluding hydrogens is 446 g/mol. The lowest BCUT2D eigenvalue weighted by Crippen LogP contribution is -2.50. The Kier molecular flexibility index (Phi) is 6.75. The normalized spacial score (nSPS) is 19.4. The Morgan fingerprint density at radius 2 is 2.06 bits per heavy atom. The molecule has 0 spiro atoms. The summed E-state index contributed by atoms with van der Waals surface area (Å²) in [6.07, 6.45) is 3.40. The monoisotopic (exact) mass is 471 g/mol. The van der Waals surface area contributed by atoms with Crippen LogP contribution in [0.5, 0.6) is 5.75 Å². The summed E-state index contributed by atoms with van der Waals surface area (Å²) in [6, 6.07) is 5.55. The quantitative estimate of drug-likeness (QED) is 0.444. The number of aromatic nitrogens is 1.